The molecule has 3 heterocycles. The highest BCUT2D eigenvalue weighted by molar-refractivity contribution is 5.82. The number of fused-ring (bicyclic) bond motifs is 2. The Morgan fingerprint density at radius 3 is 2.48 bits per heavy atom. The largest absolute Gasteiger partial charge is 0.513 e. The highest BCUT2D eigenvalue weighted by Crippen LogP contribution is 2.67. The summed E-state index contributed by atoms with van der Waals surface area (Å²) in [6.07, 6.45) is 2.83. The maximum absolute atomic E-state index is 13.2. The predicted molar refractivity (Wildman–Crippen MR) is 164 cm³/mol. The van der Waals surface area contributed by atoms with E-state index >= 15 is 0 Å². The normalized spacial score (nSPS) is 28.6. The Balaban J connectivity index is 1.22. The van der Waals surface area contributed by atoms with Gasteiger partial charge in [-0.1, -0.05) is 6.07 Å². The highest BCUT2D eigenvalue weighted by Gasteiger charge is 2.70. The predicted octanol–water partition coefficient (Wildman–Crippen LogP) is 4.66. The molecule has 7 rings (SSSR count). The molecule has 46 heavy (non-hydrogen) atoms. The SMILES string of the molecule is COc1ccc2c3c1OC1C(OC(=O)OCC(NC(=O)OC(C)(C)C)C(=O)OC(C)(C)C)=CCC4(O)CC2N(CC2CC2)CCC314. The van der Waals surface area contributed by atoms with Crippen molar-refractivity contribution in [1.82, 2.24) is 10.2 Å². The van der Waals surface area contributed by atoms with E-state index in [2.05, 4.69) is 16.3 Å². The molecule has 0 aromatic heterocycles. The number of alkyl carbamates (subject to hydrolysis) is 1. The number of rotatable bonds is 8. The van der Waals surface area contributed by atoms with Crippen LogP contribution < -0.4 is 14.8 Å². The van der Waals surface area contributed by atoms with Crippen molar-refractivity contribution in [2.24, 2.45) is 5.92 Å². The average Bonchev–Trinajstić information content (AvgIpc) is 3.73. The lowest BCUT2D eigenvalue weighted by atomic mass is 9.54. The fourth-order valence-electron chi connectivity index (χ4n) is 7.48. The van der Waals surface area contributed by atoms with Crippen LogP contribution in [0.1, 0.15) is 90.8 Å². The van der Waals surface area contributed by atoms with Gasteiger partial charge in [0.2, 0.25) is 0 Å². The summed E-state index contributed by atoms with van der Waals surface area (Å²) in [6, 6.07) is 2.69. The van der Waals surface area contributed by atoms with Gasteiger partial charge in [0, 0.05) is 18.2 Å². The molecular formula is C34H46N2O10. The quantitative estimate of drug-likeness (QED) is 0.302. The van der Waals surface area contributed by atoms with Crippen LogP contribution in [0.2, 0.25) is 0 Å². The van der Waals surface area contributed by atoms with Crippen LogP contribution in [0.3, 0.4) is 0 Å². The lowest BCUT2D eigenvalue weighted by Gasteiger charge is -2.52. The van der Waals surface area contributed by atoms with Gasteiger partial charge in [0.1, 0.15) is 23.6 Å². The summed E-state index contributed by atoms with van der Waals surface area (Å²) < 4.78 is 34.1. The number of carbonyl (C=O) groups is 3. The summed E-state index contributed by atoms with van der Waals surface area (Å²) in [7, 11) is 1.58. The summed E-state index contributed by atoms with van der Waals surface area (Å²) in [5.41, 5.74) is -1.59. The maximum atomic E-state index is 13.2. The molecule has 1 saturated heterocycles. The first-order valence-electron chi connectivity index (χ1n) is 16.1. The minimum Gasteiger partial charge on any atom is -0.493 e. The molecule has 3 aliphatic carbocycles. The fourth-order valence-corrected chi connectivity index (χ4v) is 7.48. The van der Waals surface area contributed by atoms with Crippen molar-refractivity contribution in [3.63, 3.8) is 0 Å². The number of nitrogens with zero attached hydrogens (tertiary/aromatic N) is 1. The second-order valence-corrected chi connectivity index (χ2v) is 15.2. The van der Waals surface area contributed by atoms with Gasteiger partial charge in [-0.05, 0) is 104 Å². The number of hydrogen-bond donors (Lipinski definition) is 2. The first kappa shape index (κ1) is 32.4. The van der Waals surface area contributed by atoms with Crippen molar-refractivity contribution in [1.29, 1.82) is 0 Å². The van der Waals surface area contributed by atoms with Crippen molar-refractivity contribution < 1.29 is 47.9 Å². The van der Waals surface area contributed by atoms with E-state index in [1.54, 1.807) is 54.7 Å². The molecule has 252 valence electrons. The molecule has 12 heteroatoms. The Kier molecular flexibility index (Phi) is 7.99. The van der Waals surface area contributed by atoms with Gasteiger partial charge in [-0.25, -0.2) is 14.4 Å². The summed E-state index contributed by atoms with van der Waals surface area (Å²) in [5.74, 6) is 1.23. The van der Waals surface area contributed by atoms with Gasteiger partial charge in [0.15, 0.2) is 23.6 Å². The van der Waals surface area contributed by atoms with Crippen LogP contribution in [0.4, 0.5) is 9.59 Å². The van der Waals surface area contributed by atoms with E-state index < -0.39 is 59.2 Å². The van der Waals surface area contributed by atoms with E-state index in [1.165, 1.54) is 12.8 Å². The third-order valence-electron chi connectivity index (χ3n) is 9.50. The highest BCUT2D eigenvalue weighted by atomic mass is 16.7. The molecule has 1 aromatic carbocycles. The average molecular weight is 643 g/mol. The first-order chi connectivity index (χ1) is 21.5. The first-order valence-corrected chi connectivity index (χ1v) is 16.1. The van der Waals surface area contributed by atoms with Gasteiger partial charge >= 0.3 is 18.2 Å². The Bertz CT molecular complexity index is 1440. The number of aliphatic hydroxyl groups is 1. The molecule has 1 spiro atoms. The van der Waals surface area contributed by atoms with E-state index in [0.717, 1.165) is 24.2 Å². The lowest BCUT2D eigenvalue weighted by molar-refractivity contribution is -0.158. The van der Waals surface area contributed by atoms with Crippen LogP contribution in [0.5, 0.6) is 11.5 Å². The van der Waals surface area contributed by atoms with Crippen LogP contribution in [0.25, 0.3) is 0 Å². The number of ether oxygens (including phenoxy) is 6. The molecule has 2 N–H and O–H groups in total. The second kappa shape index (κ2) is 11.3. The second-order valence-electron chi connectivity index (χ2n) is 15.2. The Labute approximate surface area is 269 Å². The fraction of sp³-hybridized carbons (Fsp3) is 0.676. The van der Waals surface area contributed by atoms with Gasteiger partial charge in [0.05, 0.1) is 18.1 Å². The number of carbonyl (C=O) groups excluding carboxylic acids is 3. The van der Waals surface area contributed by atoms with Crippen molar-refractivity contribution in [3.05, 3.63) is 35.1 Å². The number of nitrogens with one attached hydrogen (secondary N) is 1. The van der Waals surface area contributed by atoms with Crippen molar-refractivity contribution >= 4 is 18.2 Å². The van der Waals surface area contributed by atoms with E-state index in [0.29, 0.717) is 30.3 Å². The number of methoxy groups -OCH3 is 1. The third kappa shape index (κ3) is 5.90. The molecule has 6 aliphatic rings. The summed E-state index contributed by atoms with van der Waals surface area (Å²) >= 11 is 0. The molecule has 5 atom stereocenters. The van der Waals surface area contributed by atoms with E-state index in [9.17, 15) is 19.5 Å². The summed E-state index contributed by atoms with van der Waals surface area (Å²) in [5, 5.41) is 14.8. The van der Waals surface area contributed by atoms with Gasteiger partial charge in [0.25, 0.3) is 0 Å². The van der Waals surface area contributed by atoms with Crippen LogP contribution in [-0.2, 0) is 29.2 Å². The summed E-state index contributed by atoms with van der Waals surface area (Å²) in [6.45, 7) is 11.3. The monoisotopic (exact) mass is 642 g/mol. The zero-order valence-corrected chi connectivity index (χ0v) is 27.8. The Morgan fingerprint density at radius 1 is 1.11 bits per heavy atom. The van der Waals surface area contributed by atoms with Crippen LogP contribution in [0.15, 0.2) is 24.0 Å². The number of hydrogen-bond acceptors (Lipinski definition) is 11. The smallest absolute Gasteiger partial charge is 0.493 e. The molecular weight excluding hydrogens is 596 g/mol. The molecule has 12 nitrogen and oxygen atoms in total. The Hall–Kier alpha value is -3.51. The number of esters is 1. The van der Waals surface area contributed by atoms with E-state index in [-0.39, 0.29) is 18.2 Å². The maximum Gasteiger partial charge on any atom is 0.513 e. The molecule has 3 aliphatic heterocycles. The van der Waals surface area contributed by atoms with Crippen molar-refractivity contribution in [2.75, 3.05) is 26.8 Å². The van der Waals surface area contributed by atoms with Crippen LogP contribution in [-0.4, -0.2) is 84.0 Å². The molecule has 2 bridgehead atoms. The van der Waals surface area contributed by atoms with Gasteiger partial charge in [-0.3, -0.25) is 4.90 Å². The van der Waals surface area contributed by atoms with Gasteiger partial charge < -0.3 is 38.8 Å². The molecule has 5 unspecified atom stereocenters. The van der Waals surface area contributed by atoms with Gasteiger partial charge in [-0.2, -0.15) is 0 Å². The lowest BCUT2D eigenvalue weighted by Crippen LogP contribution is -2.62. The number of amides is 1. The van der Waals surface area contributed by atoms with Crippen molar-refractivity contribution in [3.8, 4) is 11.5 Å². The number of benzene rings is 1. The van der Waals surface area contributed by atoms with Crippen LogP contribution in [0, 0.1) is 5.92 Å². The topological polar surface area (TPSA) is 142 Å². The molecule has 0 radical (unpaired) electrons. The van der Waals surface area contributed by atoms with Gasteiger partial charge in [-0.15, -0.1) is 0 Å². The van der Waals surface area contributed by atoms with E-state index in [4.69, 9.17) is 28.4 Å². The zero-order chi connectivity index (χ0) is 33.2. The minimum atomic E-state index is -1.35. The van der Waals surface area contributed by atoms with Crippen molar-refractivity contribution in [2.45, 2.75) is 114 Å². The third-order valence-corrected chi connectivity index (χ3v) is 9.50. The minimum absolute atomic E-state index is 0.0475. The van der Waals surface area contributed by atoms with E-state index in [1.807, 2.05) is 6.07 Å². The molecule has 1 saturated carbocycles. The zero-order valence-electron chi connectivity index (χ0n) is 27.8. The molecule has 2 fully saturated rings. The Morgan fingerprint density at radius 2 is 1.83 bits per heavy atom. The standard InChI is InChI=1S/C34H46N2O10/c1-31(2,3)45-28(37)21(35-29(38)46-32(4,5)6)18-42-30(39)43-24-12-13-33(40)16-22-20-10-11-23(41-7)26-25(20)34(33,27(24)44-26)14-15-36(22)17-19-8-9-19/h10-12,19,21-22,27,40H,8-9,13-18H2,1-7H3,(H,35,38). The molecule has 1 amide bonds. The molecule has 1 aromatic rings. The van der Waals surface area contributed by atoms with Crippen LogP contribution >= 0.6 is 0 Å². The summed E-state index contributed by atoms with van der Waals surface area (Å²) in [4.78, 5) is 41.1.